The average molecular weight is 227 g/mol. The highest BCUT2D eigenvalue weighted by molar-refractivity contribution is 4.96. The summed E-state index contributed by atoms with van der Waals surface area (Å²) in [5.74, 6) is 0.451. The molecule has 2 nitrogen and oxygen atoms in total. The first-order chi connectivity index (χ1) is 7.02. The molecule has 0 aliphatic carbocycles. The molecule has 0 aromatic heterocycles. The molecule has 0 bridgehead atoms. The molecule has 0 saturated carbocycles. The fourth-order valence-corrected chi connectivity index (χ4v) is 2.72. The van der Waals surface area contributed by atoms with E-state index in [0.29, 0.717) is 5.92 Å². The van der Waals surface area contributed by atoms with E-state index >= 15 is 0 Å². The molecule has 0 amide bonds. The Bertz CT molecular complexity index is 236. The first-order valence-corrected chi connectivity index (χ1v) is 6.43. The van der Waals surface area contributed by atoms with Gasteiger partial charge in [-0.25, -0.2) is 0 Å². The normalized spacial score (nSPS) is 36.8. The van der Waals surface area contributed by atoms with Crippen molar-refractivity contribution in [3.63, 3.8) is 0 Å². The van der Waals surface area contributed by atoms with Crippen molar-refractivity contribution in [3.8, 4) is 0 Å². The summed E-state index contributed by atoms with van der Waals surface area (Å²) in [4.78, 5) is 0. The number of nitrogens with two attached hydrogens (primary N) is 1. The summed E-state index contributed by atoms with van der Waals surface area (Å²) < 4.78 is 6.20. The predicted octanol–water partition coefficient (Wildman–Crippen LogP) is 3.20. The molecule has 0 aromatic carbocycles. The maximum Gasteiger partial charge on any atom is 0.0738 e. The van der Waals surface area contributed by atoms with Crippen molar-refractivity contribution in [1.82, 2.24) is 0 Å². The molecular weight excluding hydrogens is 198 g/mol. The number of hydrogen-bond acceptors (Lipinski definition) is 2. The zero-order chi connectivity index (χ0) is 12.7. The maximum atomic E-state index is 6.29. The van der Waals surface area contributed by atoms with Gasteiger partial charge in [-0.3, -0.25) is 0 Å². The van der Waals surface area contributed by atoms with Gasteiger partial charge in [-0.15, -0.1) is 0 Å². The van der Waals surface area contributed by atoms with Crippen LogP contribution < -0.4 is 5.73 Å². The van der Waals surface area contributed by atoms with Crippen molar-refractivity contribution < 1.29 is 4.74 Å². The van der Waals surface area contributed by atoms with E-state index < -0.39 is 0 Å². The Labute approximate surface area is 101 Å². The lowest BCUT2D eigenvalue weighted by atomic mass is 9.79. The molecule has 2 N–H and O–H groups in total. The summed E-state index contributed by atoms with van der Waals surface area (Å²) in [6.45, 7) is 15.7. The van der Waals surface area contributed by atoms with Crippen LogP contribution in [-0.4, -0.2) is 18.2 Å². The van der Waals surface area contributed by atoms with Crippen LogP contribution in [0.25, 0.3) is 0 Å². The Morgan fingerprint density at radius 2 is 1.56 bits per heavy atom. The largest absolute Gasteiger partial charge is 0.372 e. The van der Waals surface area contributed by atoms with Gasteiger partial charge in [0.05, 0.1) is 12.2 Å². The van der Waals surface area contributed by atoms with Gasteiger partial charge in [0.2, 0.25) is 0 Å². The minimum Gasteiger partial charge on any atom is -0.372 e. The van der Waals surface area contributed by atoms with Crippen molar-refractivity contribution >= 4 is 0 Å². The van der Waals surface area contributed by atoms with Gasteiger partial charge in [0.15, 0.2) is 0 Å². The van der Waals surface area contributed by atoms with E-state index in [9.17, 15) is 0 Å². The minimum absolute atomic E-state index is 0.184. The van der Waals surface area contributed by atoms with E-state index in [4.69, 9.17) is 10.5 Å². The molecule has 4 atom stereocenters. The molecule has 1 saturated heterocycles. The lowest BCUT2D eigenvalue weighted by molar-refractivity contribution is -0.0401. The van der Waals surface area contributed by atoms with E-state index in [1.54, 1.807) is 0 Å². The third-order valence-corrected chi connectivity index (χ3v) is 3.50. The molecule has 96 valence electrons. The molecular formula is C14H29NO. The van der Waals surface area contributed by atoms with Gasteiger partial charge >= 0.3 is 0 Å². The topological polar surface area (TPSA) is 35.2 Å². The number of rotatable bonds is 1. The average Bonchev–Trinajstić information content (AvgIpc) is 2.28. The molecule has 1 aliphatic rings. The Kier molecular flexibility index (Phi) is 3.76. The van der Waals surface area contributed by atoms with Crippen molar-refractivity contribution in [2.45, 2.75) is 73.1 Å². The van der Waals surface area contributed by atoms with E-state index in [2.05, 4.69) is 48.5 Å². The summed E-state index contributed by atoms with van der Waals surface area (Å²) in [5, 5.41) is 0. The molecule has 0 radical (unpaired) electrons. The van der Waals surface area contributed by atoms with Gasteiger partial charge < -0.3 is 10.5 Å². The Morgan fingerprint density at radius 3 is 1.88 bits per heavy atom. The van der Waals surface area contributed by atoms with E-state index in [0.717, 1.165) is 6.42 Å². The van der Waals surface area contributed by atoms with Crippen molar-refractivity contribution in [1.29, 1.82) is 0 Å². The van der Waals surface area contributed by atoms with Crippen LogP contribution in [-0.2, 0) is 4.74 Å². The molecule has 1 heterocycles. The predicted molar refractivity (Wildman–Crippen MR) is 69.3 cm³/mol. The third-order valence-electron chi connectivity index (χ3n) is 3.50. The van der Waals surface area contributed by atoms with Crippen LogP contribution in [0.3, 0.4) is 0 Å². The number of hydrogen-bond donors (Lipinski definition) is 1. The Morgan fingerprint density at radius 1 is 1.06 bits per heavy atom. The second-order valence-corrected chi connectivity index (χ2v) is 7.66. The van der Waals surface area contributed by atoms with Crippen LogP contribution in [0.15, 0.2) is 0 Å². The fourth-order valence-electron chi connectivity index (χ4n) is 2.72. The van der Waals surface area contributed by atoms with Gasteiger partial charge in [-0.05, 0) is 17.3 Å². The second kappa shape index (κ2) is 4.30. The third kappa shape index (κ3) is 3.21. The molecule has 1 fully saturated rings. The summed E-state index contributed by atoms with van der Waals surface area (Å²) >= 11 is 0. The van der Waals surface area contributed by atoms with Crippen LogP contribution in [0.5, 0.6) is 0 Å². The maximum absolute atomic E-state index is 6.29. The van der Waals surface area contributed by atoms with Crippen LogP contribution in [0.1, 0.15) is 54.9 Å². The van der Waals surface area contributed by atoms with Crippen molar-refractivity contribution in [2.75, 3.05) is 0 Å². The van der Waals surface area contributed by atoms with Crippen LogP contribution >= 0.6 is 0 Å². The highest BCUT2D eigenvalue weighted by Crippen LogP contribution is 2.40. The summed E-state index contributed by atoms with van der Waals surface area (Å²) in [7, 11) is 0. The summed E-state index contributed by atoms with van der Waals surface area (Å²) in [5.41, 5.74) is 6.76. The minimum atomic E-state index is 0.184. The molecule has 0 aromatic rings. The molecule has 1 rings (SSSR count). The van der Waals surface area contributed by atoms with Crippen LogP contribution in [0.2, 0.25) is 0 Å². The summed E-state index contributed by atoms with van der Waals surface area (Å²) in [6.07, 6.45) is 1.56. The van der Waals surface area contributed by atoms with E-state index in [1.165, 1.54) is 0 Å². The Balaban J connectivity index is 2.72. The van der Waals surface area contributed by atoms with Gasteiger partial charge in [0.1, 0.15) is 0 Å². The fraction of sp³-hybridized carbons (Fsp3) is 1.00. The van der Waals surface area contributed by atoms with Gasteiger partial charge in [0.25, 0.3) is 0 Å². The molecule has 16 heavy (non-hydrogen) atoms. The number of ether oxygens (including phenoxy) is 1. The van der Waals surface area contributed by atoms with Gasteiger partial charge in [-0.1, -0.05) is 48.5 Å². The second-order valence-electron chi connectivity index (χ2n) is 7.66. The van der Waals surface area contributed by atoms with Crippen molar-refractivity contribution in [3.05, 3.63) is 0 Å². The van der Waals surface area contributed by atoms with Crippen LogP contribution in [0.4, 0.5) is 0 Å². The first kappa shape index (κ1) is 14.0. The van der Waals surface area contributed by atoms with E-state index in [-0.39, 0.29) is 29.1 Å². The smallest absolute Gasteiger partial charge is 0.0738 e. The van der Waals surface area contributed by atoms with E-state index in [1.807, 2.05) is 0 Å². The van der Waals surface area contributed by atoms with Gasteiger partial charge in [0, 0.05) is 12.0 Å². The highest BCUT2D eigenvalue weighted by atomic mass is 16.5. The lowest BCUT2D eigenvalue weighted by Gasteiger charge is -2.30. The molecule has 4 unspecified atom stereocenters. The Hall–Kier alpha value is -0.0800. The lowest BCUT2D eigenvalue weighted by Crippen LogP contribution is -2.38. The SMILES string of the molecule is CC1C(N)C(CC(C)(C)C)OC1C(C)(C)C. The molecule has 2 heteroatoms. The molecule has 1 aliphatic heterocycles. The van der Waals surface area contributed by atoms with Crippen molar-refractivity contribution in [2.24, 2.45) is 22.5 Å². The summed E-state index contributed by atoms with van der Waals surface area (Å²) in [6, 6.07) is 0.184. The van der Waals surface area contributed by atoms with Gasteiger partial charge in [-0.2, -0.15) is 0 Å². The highest BCUT2D eigenvalue weighted by Gasteiger charge is 2.45. The quantitative estimate of drug-likeness (QED) is 0.746. The zero-order valence-corrected chi connectivity index (χ0v) is 12.0. The zero-order valence-electron chi connectivity index (χ0n) is 12.0. The molecule has 0 spiro atoms. The standard InChI is InChI=1S/C14H29NO/c1-9-11(15)10(8-13(2,3)4)16-12(9)14(5,6)7/h9-12H,8,15H2,1-7H3. The van der Waals surface area contributed by atoms with Crippen LogP contribution in [0, 0.1) is 16.7 Å². The monoisotopic (exact) mass is 227 g/mol. The first-order valence-electron chi connectivity index (χ1n) is 6.43.